The fourth-order valence-electron chi connectivity index (χ4n) is 1.79. The van der Waals surface area contributed by atoms with Gasteiger partial charge in [0.05, 0.1) is 19.3 Å². The first-order valence-electron chi connectivity index (χ1n) is 7.25. The Balaban J connectivity index is 2.71. The SMILES string of the molecule is COC(=O)c1nnn(CCSC)c1CCNC(=O)OC(C)(C)C. The van der Waals surface area contributed by atoms with Crippen molar-refractivity contribution in [3.05, 3.63) is 11.4 Å². The number of aromatic nitrogens is 3. The molecule has 9 heteroatoms. The van der Waals surface area contributed by atoms with Crippen molar-refractivity contribution < 1.29 is 19.1 Å². The van der Waals surface area contributed by atoms with Crippen LogP contribution in [0.5, 0.6) is 0 Å². The van der Waals surface area contributed by atoms with Gasteiger partial charge in [-0.05, 0) is 27.0 Å². The van der Waals surface area contributed by atoms with Gasteiger partial charge in [0.15, 0.2) is 5.69 Å². The Labute approximate surface area is 140 Å². The molecule has 1 amide bonds. The predicted molar refractivity (Wildman–Crippen MR) is 87.7 cm³/mol. The smallest absolute Gasteiger partial charge is 0.407 e. The highest BCUT2D eigenvalue weighted by atomic mass is 32.2. The van der Waals surface area contributed by atoms with Gasteiger partial charge in [-0.25, -0.2) is 14.3 Å². The van der Waals surface area contributed by atoms with E-state index in [-0.39, 0.29) is 5.69 Å². The molecular weight excluding hydrogens is 320 g/mol. The fraction of sp³-hybridized carbons (Fsp3) is 0.714. The van der Waals surface area contributed by atoms with Gasteiger partial charge in [0.1, 0.15) is 5.60 Å². The number of alkyl carbamates (subject to hydrolysis) is 1. The molecular formula is C14H24N4O4S. The summed E-state index contributed by atoms with van der Waals surface area (Å²) in [5.41, 5.74) is 0.268. The van der Waals surface area contributed by atoms with Crippen LogP contribution < -0.4 is 5.32 Å². The van der Waals surface area contributed by atoms with Crippen molar-refractivity contribution in [2.45, 2.75) is 39.3 Å². The van der Waals surface area contributed by atoms with Crippen LogP contribution in [0.4, 0.5) is 4.79 Å². The number of esters is 1. The van der Waals surface area contributed by atoms with E-state index in [2.05, 4.69) is 15.6 Å². The Bertz CT molecular complexity index is 539. The molecule has 1 aromatic heterocycles. The average molecular weight is 344 g/mol. The molecule has 0 fully saturated rings. The van der Waals surface area contributed by atoms with Crippen molar-refractivity contribution in [2.24, 2.45) is 0 Å². The molecule has 23 heavy (non-hydrogen) atoms. The number of hydrogen-bond acceptors (Lipinski definition) is 7. The lowest BCUT2D eigenvalue weighted by atomic mass is 10.2. The average Bonchev–Trinajstić information content (AvgIpc) is 2.85. The Morgan fingerprint density at radius 1 is 1.35 bits per heavy atom. The van der Waals surface area contributed by atoms with Gasteiger partial charge in [-0.3, -0.25) is 0 Å². The number of amides is 1. The maximum absolute atomic E-state index is 11.8. The second-order valence-corrected chi connectivity index (χ2v) is 6.76. The molecule has 0 atom stereocenters. The summed E-state index contributed by atoms with van der Waals surface area (Å²) in [6.45, 7) is 6.33. The number of hydrogen-bond donors (Lipinski definition) is 1. The Kier molecular flexibility index (Phi) is 7.34. The van der Waals surface area contributed by atoms with E-state index in [4.69, 9.17) is 9.47 Å². The Morgan fingerprint density at radius 3 is 2.61 bits per heavy atom. The van der Waals surface area contributed by atoms with E-state index in [9.17, 15) is 9.59 Å². The molecule has 0 bridgehead atoms. The molecule has 0 unspecified atom stereocenters. The molecule has 1 rings (SSSR count). The molecule has 0 aliphatic carbocycles. The van der Waals surface area contributed by atoms with Crippen LogP contribution in [-0.4, -0.2) is 58.3 Å². The highest BCUT2D eigenvalue weighted by molar-refractivity contribution is 7.98. The van der Waals surface area contributed by atoms with Crippen LogP contribution in [0.25, 0.3) is 0 Å². The zero-order chi connectivity index (χ0) is 17.5. The molecule has 0 saturated heterocycles. The van der Waals surface area contributed by atoms with Crippen LogP contribution in [0, 0.1) is 0 Å². The third kappa shape index (κ3) is 6.47. The van der Waals surface area contributed by atoms with Crippen molar-refractivity contribution in [1.29, 1.82) is 0 Å². The minimum absolute atomic E-state index is 0.180. The molecule has 8 nitrogen and oxygen atoms in total. The van der Waals surface area contributed by atoms with Crippen LogP contribution >= 0.6 is 11.8 Å². The standard InChI is InChI=1S/C14H24N4O4S/c1-14(2,3)22-13(20)15-7-6-10-11(12(19)21-4)16-17-18(10)8-9-23-5/h6-9H2,1-5H3,(H,15,20). The number of nitrogens with one attached hydrogen (secondary N) is 1. The molecule has 1 N–H and O–H groups in total. The van der Waals surface area contributed by atoms with Gasteiger partial charge in [-0.1, -0.05) is 5.21 Å². The largest absolute Gasteiger partial charge is 0.464 e. The second-order valence-electron chi connectivity index (χ2n) is 5.77. The van der Waals surface area contributed by atoms with E-state index in [1.807, 2.05) is 6.26 Å². The fourth-order valence-corrected chi connectivity index (χ4v) is 2.15. The maximum Gasteiger partial charge on any atom is 0.407 e. The molecule has 0 spiro atoms. The van der Waals surface area contributed by atoms with Crippen molar-refractivity contribution in [3.63, 3.8) is 0 Å². The lowest BCUT2D eigenvalue weighted by Gasteiger charge is -2.19. The van der Waals surface area contributed by atoms with Gasteiger partial charge in [-0.2, -0.15) is 11.8 Å². The molecule has 1 aromatic rings. The third-order valence-electron chi connectivity index (χ3n) is 2.75. The monoisotopic (exact) mass is 344 g/mol. The van der Waals surface area contributed by atoms with Gasteiger partial charge in [-0.15, -0.1) is 5.10 Å². The molecule has 0 radical (unpaired) electrons. The highest BCUT2D eigenvalue weighted by Gasteiger charge is 2.21. The summed E-state index contributed by atoms with van der Waals surface area (Å²) in [5, 5.41) is 10.5. The highest BCUT2D eigenvalue weighted by Crippen LogP contribution is 2.10. The van der Waals surface area contributed by atoms with Gasteiger partial charge in [0, 0.05) is 18.7 Å². The minimum Gasteiger partial charge on any atom is -0.464 e. The van der Waals surface area contributed by atoms with Crippen molar-refractivity contribution in [2.75, 3.05) is 25.7 Å². The van der Waals surface area contributed by atoms with Crippen molar-refractivity contribution >= 4 is 23.8 Å². The minimum atomic E-state index is -0.553. The van der Waals surface area contributed by atoms with E-state index < -0.39 is 17.7 Å². The summed E-state index contributed by atoms with van der Waals surface area (Å²) >= 11 is 1.67. The van der Waals surface area contributed by atoms with E-state index in [1.165, 1.54) is 7.11 Å². The molecule has 130 valence electrons. The van der Waals surface area contributed by atoms with Gasteiger partial charge >= 0.3 is 12.1 Å². The molecule has 0 aliphatic rings. The number of thioether (sulfide) groups is 1. The number of nitrogens with zero attached hydrogens (tertiary/aromatic N) is 3. The molecule has 0 aromatic carbocycles. The Morgan fingerprint density at radius 2 is 2.04 bits per heavy atom. The molecule has 1 heterocycles. The summed E-state index contributed by atoms with van der Waals surface area (Å²) < 4.78 is 11.6. The van der Waals surface area contributed by atoms with Gasteiger partial charge in [0.25, 0.3) is 0 Å². The van der Waals surface area contributed by atoms with E-state index in [1.54, 1.807) is 37.2 Å². The van der Waals surface area contributed by atoms with Crippen LogP contribution in [0.2, 0.25) is 0 Å². The number of methoxy groups -OCH3 is 1. The van der Waals surface area contributed by atoms with Gasteiger partial charge < -0.3 is 14.8 Å². The molecule has 0 saturated carbocycles. The van der Waals surface area contributed by atoms with Crippen molar-refractivity contribution in [3.8, 4) is 0 Å². The zero-order valence-electron chi connectivity index (χ0n) is 14.2. The summed E-state index contributed by atoms with van der Waals surface area (Å²) in [6.07, 6.45) is 1.90. The lowest BCUT2D eigenvalue weighted by molar-refractivity contribution is 0.0528. The summed E-state index contributed by atoms with van der Waals surface area (Å²) in [7, 11) is 1.30. The number of aryl methyl sites for hydroxylation is 1. The number of carbonyl (C=O) groups is 2. The predicted octanol–water partition coefficient (Wildman–Crippen LogP) is 1.49. The van der Waals surface area contributed by atoms with Crippen LogP contribution in [0.1, 0.15) is 37.0 Å². The van der Waals surface area contributed by atoms with Crippen LogP contribution in [-0.2, 0) is 22.4 Å². The van der Waals surface area contributed by atoms with Crippen molar-refractivity contribution in [1.82, 2.24) is 20.3 Å². The zero-order valence-corrected chi connectivity index (χ0v) is 15.0. The topological polar surface area (TPSA) is 95.3 Å². The summed E-state index contributed by atoms with van der Waals surface area (Å²) in [4.78, 5) is 23.4. The number of rotatable bonds is 7. The first-order valence-corrected chi connectivity index (χ1v) is 8.64. The quantitative estimate of drug-likeness (QED) is 0.749. The maximum atomic E-state index is 11.8. The number of ether oxygens (including phenoxy) is 2. The molecule has 0 aliphatic heterocycles. The third-order valence-corrected chi connectivity index (χ3v) is 3.34. The van der Waals surface area contributed by atoms with E-state index in [0.29, 0.717) is 25.2 Å². The first kappa shape index (κ1) is 19.3. The van der Waals surface area contributed by atoms with Gasteiger partial charge in [0.2, 0.25) is 0 Å². The van der Waals surface area contributed by atoms with E-state index in [0.717, 1.165) is 5.75 Å². The second kappa shape index (κ2) is 8.76. The summed E-state index contributed by atoms with van der Waals surface area (Å²) in [5.74, 6) is 0.309. The van der Waals surface area contributed by atoms with Crippen LogP contribution in [0.3, 0.4) is 0 Å². The van der Waals surface area contributed by atoms with Crippen LogP contribution in [0.15, 0.2) is 0 Å². The normalized spacial score (nSPS) is 11.2. The summed E-state index contributed by atoms with van der Waals surface area (Å²) in [6, 6.07) is 0. The number of carbonyl (C=O) groups excluding carboxylic acids is 2. The van der Waals surface area contributed by atoms with E-state index >= 15 is 0 Å². The first-order chi connectivity index (χ1) is 10.8. The Hall–Kier alpha value is -1.77. The lowest BCUT2D eigenvalue weighted by Crippen LogP contribution is -2.34.